The summed E-state index contributed by atoms with van der Waals surface area (Å²) in [5.41, 5.74) is -0.360. The molecule has 1 fully saturated rings. The molecule has 14 nitrogen and oxygen atoms in total. The van der Waals surface area contributed by atoms with Crippen molar-refractivity contribution < 1.29 is 39.0 Å². The van der Waals surface area contributed by atoms with Gasteiger partial charge in [-0.15, -0.1) is 11.8 Å². The summed E-state index contributed by atoms with van der Waals surface area (Å²) in [4.78, 5) is 67.7. The number of thioether (sulfide) groups is 1. The maximum atomic E-state index is 12.8. The fourth-order valence-corrected chi connectivity index (χ4v) is 4.64. The fraction of sp³-hybridized carbons (Fsp3) is 0.250. The van der Waals surface area contributed by atoms with Crippen molar-refractivity contribution in [1.29, 1.82) is 0 Å². The van der Waals surface area contributed by atoms with Gasteiger partial charge in [0.1, 0.15) is 17.1 Å². The minimum Gasteiger partial charge on any atom is -0.479 e. The van der Waals surface area contributed by atoms with E-state index in [9.17, 15) is 29.1 Å². The summed E-state index contributed by atoms with van der Waals surface area (Å²) in [5, 5.41) is 25.6. The summed E-state index contributed by atoms with van der Waals surface area (Å²) in [5.74, 6) is -4.27. The van der Waals surface area contributed by atoms with Gasteiger partial charge in [-0.1, -0.05) is 17.8 Å². The molecule has 0 bridgehead atoms. The molecule has 2 atom stereocenters. The van der Waals surface area contributed by atoms with Gasteiger partial charge in [0.2, 0.25) is 29.7 Å². The Morgan fingerprint density at radius 2 is 2.12 bits per heavy atom. The molecule has 3 amide bonds. The lowest BCUT2D eigenvalue weighted by Crippen LogP contribution is -2.71. The Labute approximate surface area is 187 Å². The molecule has 2 aliphatic rings. The second-order valence-electron chi connectivity index (χ2n) is 6.04. The van der Waals surface area contributed by atoms with E-state index in [4.69, 9.17) is 5.11 Å². The number of aliphatic carboxylic acids is 2. The number of anilines is 1. The summed E-state index contributed by atoms with van der Waals surface area (Å²) < 4.78 is 3.86. The predicted octanol–water partition coefficient (Wildman–Crippen LogP) is -1.16. The molecular weight excluding hydrogens is 468 g/mol. The number of carbonyl (C=O) groups excluding carboxylic acids is 3. The molecule has 0 saturated carbocycles. The number of carbonyl (C=O) groups is 5. The number of hydrogen-bond donors (Lipinski definition) is 4. The molecule has 32 heavy (non-hydrogen) atoms. The van der Waals surface area contributed by atoms with Gasteiger partial charge in [0.25, 0.3) is 11.8 Å². The van der Waals surface area contributed by atoms with Crippen LogP contribution in [0.4, 0.5) is 5.13 Å². The number of aromatic nitrogens is 2. The Kier molecular flexibility index (Phi) is 6.84. The first-order valence-electron chi connectivity index (χ1n) is 8.58. The van der Waals surface area contributed by atoms with Gasteiger partial charge in [0.05, 0.1) is 0 Å². The largest absolute Gasteiger partial charge is 0.479 e. The molecule has 3 rings (SSSR count). The van der Waals surface area contributed by atoms with Crippen molar-refractivity contribution in [2.45, 2.75) is 11.4 Å². The van der Waals surface area contributed by atoms with E-state index in [2.05, 4.69) is 36.6 Å². The minimum atomic E-state index is -1.35. The Hall–Kier alpha value is -3.79. The SMILES string of the molecule is C=CC1=C(C(=O)O)N2C(=O)C(NC(=O)/C(=N/OCC(=O)O)c3nsc(NC=O)n3)[C@H]2SC1. The van der Waals surface area contributed by atoms with Crippen LogP contribution in [0.15, 0.2) is 29.1 Å². The maximum absolute atomic E-state index is 12.8. The van der Waals surface area contributed by atoms with Crippen molar-refractivity contribution in [3.63, 3.8) is 0 Å². The van der Waals surface area contributed by atoms with Gasteiger partial charge in [-0.2, -0.15) is 9.36 Å². The number of amides is 3. The number of β-lactam (4-membered cyclic amide) rings is 1. The van der Waals surface area contributed by atoms with Gasteiger partial charge >= 0.3 is 11.9 Å². The summed E-state index contributed by atoms with van der Waals surface area (Å²) in [6.45, 7) is 2.70. The highest BCUT2D eigenvalue weighted by Crippen LogP contribution is 2.40. The summed E-state index contributed by atoms with van der Waals surface area (Å²) in [6.07, 6.45) is 1.70. The highest BCUT2D eigenvalue weighted by atomic mass is 32.2. The quantitative estimate of drug-likeness (QED) is 0.136. The lowest BCUT2D eigenvalue weighted by atomic mass is 10.0. The highest BCUT2D eigenvalue weighted by molar-refractivity contribution is 8.00. The number of hydrogen-bond acceptors (Lipinski definition) is 11. The van der Waals surface area contributed by atoms with Crippen molar-refractivity contribution in [1.82, 2.24) is 19.6 Å². The maximum Gasteiger partial charge on any atom is 0.352 e. The standard InChI is InChI=1S/C16H14N6O8S2/c1-2-6-4-31-14-9(13(27)22(14)10(6)15(28)29)18-12(26)8(20-30-3-7(24)25)11-19-16(17-5-23)32-21-11/h2,5,9,14H,1,3-4H2,(H,18,26)(H,24,25)(H,28,29)(H,17,19,21,23)/b20-8+/t9?,14-/m1/s1. The molecule has 1 unspecified atom stereocenters. The minimum absolute atomic E-state index is 0.0376. The third-order valence-corrected chi connectivity index (χ3v) is 6.06. The Morgan fingerprint density at radius 3 is 2.75 bits per heavy atom. The second-order valence-corrected chi connectivity index (χ2v) is 7.89. The van der Waals surface area contributed by atoms with Gasteiger partial charge in [-0.25, -0.2) is 9.59 Å². The van der Waals surface area contributed by atoms with Crippen LogP contribution in [0, 0.1) is 0 Å². The van der Waals surface area contributed by atoms with Gasteiger partial charge in [-0.3, -0.25) is 19.3 Å². The van der Waals surface area contributed by atoms with Crippen molar-refractivity contribution in [3.8, 4) is 0 Å². The summed E-state index contributed by atoms with van der Waals surface area (Å²) in [7, 11) is 0. The van der Waals surface area contributed by atoms with Gasteiger partial charge in [-0.05, 0) is 5.57 Å². The third kappa shape index (κ3) is 4.45. The molecule has 0 aromatic carbocycles. The van der Waals surface area contributed by atoms with Gasteiger partial charge < -0.3 is 25.7 Å². The van der Waals surface area contributed by atoms with Crippen LogP contribution in [0.2, 0.25) is 0 Å². The number of fused-ring (bicyclic) bond motifs is 1. The lowest BCUT2D eigenvalue weighted by Gasteiger charge is -2.49. The zero-order valence-corrected chi connectivity index (χ0v) is 17.5. The number of nitrogens with one attached hydrogen (secondary N) is 2. The van der Waals surface area contributed by atoms with Crippen LogP contribution in [-0.4, -0.2) is 84.1 Å². The molecule has 1 aromatic heterocycles. The number of carboxylic acid groups (broad SMARTS) is 2. The summed E-state index contributed by atoms with van der Waals surface area (Å²) in [6, 6.07) is -1.08. The van der Waals surface area contributed by atoms with E-state index in [1.165, 1.54) is 17.8 Å². The van der Waals surface area contributed by atoms with Crippen molar-refractivity contribution in [2.75, 3.05) is 17.7 Å². The van der Waals surface area contributed by atoms with Crippen LogP contribution in [-0.2, 0) is 28.8 Å². The molecule has 0 radical (unpaired) electrons. The first-order valence-corrected chi connectivity index (χ1v) is 10.4. The molecule has 0 spiro atoms. The Morgan fingerprint density at radius 1 is 1.38 bits per heavy atom. The van der Waals surface area contributed by atoms with E-state index < -0.39 is 47.5 Å². The molecule has 0 aliphatic carbocycles. The topological polar surface area (TPSA) is 200 Å². The monoisotopic (exact) mass is 482 g/mol. The number of carboxylic acids is 2. The van der Waals surface area contributed by atoms with Gasteiger partial charge in [0.15, 0.2) is 0 Å². The zero-order chi connectivity index (χ0) is 23.4. The van der Waals surface area contributed by atoms with E-state index in [0.717, 1.165) is 16.4 Å². The van der Waals surface area contributed by atoms with Crippen LogP contribution in [0.25, 0.3) is 0 Å². The number of nitrogens with zero attached hydrogens (tertiary/aromatic N) is 4. The normalized spacial score (nSPS) is 20.1. The van der Waals surface area contributed by atoms with Crippen molar-refractivity contribution in [3.05, 3.63) is 29.7 Å². The van der Waals surface area contributed by atoms with Crippen LogP contribution < -0.4 is 10.6 Å². The molecule has 16 heteroatoms. The van der Waals surface area contributed by atoms with Crippen LogP contribution >= 0.6 is 23.3 Å². The molecule has 168 valence electrons. The van der Waals surface area contributed by atoms with E-state index >= 15 is 0 Å². The molecular formula is C16H14N6O8S2. The van der Waals surface area contributed by atoms with Crippen LogP contribution in [0.1, 0.15) is 5.82 Å². The number of allylic oxidation sites excluding steroid dienone is 1. The van der Waals surface area contributed by atoms with E-state index in [0.29, 0.717) is 12.0 Å². The smallest absolute Gasteiger partial charge is 0.352 e. The van der Waals surface area contributed by atoms with Gasteiger partial charge in [0, 0.05) is 17.3 Å². The Balaban J connectivity index is 1.81. The van der Waals surface area contributed by atoms with Crippen molar-refractivity contribution in [2.24, 2.45) is 5.16 Å². The number of oxime groups is 1. The lowest BCUT2D eigenvalue weighted by molar-refractivity contribution is -0.150. The zero-order valence-electron chi connectivity index (χ0n) is 15.9. The summed E-state index contributed by atoms with van der Waals surface area (Å²) >= 11 is 1.96. The fourth-order valence-electron chi connectivity index (χ4n) is 2.77. The van der Waals surface area contributed by atoms with Crippen LogP contribution in [0.5, 0.6) is 0 Å². The Bertz CT molecular complexity index is 1070. The molecule has 4 N–H and O–H groups in total. The predicted molar refractivity (Wildman–Crippen MR) is 110 cm³/mol. The molecule has 1 aromatic rings. The van der Waals surface area contributed by atoms with Crippen LogP contribution in [0.3, 0.4) is 0 Å². The first kappa shape index (κ1) is 22.9. The van der Waals surface area contributed by atoms with E-state index in [-0.39, 0.29) is 22.4 Å². The molecule has 2 aliphatic heterocycles. The average Bonchev–Trinajstić information content (AvgIpc) is 3.21. The third-order valence-electron chi connectivity index (χ3n) is 4.11. The number of rotatable bonds is 10. The highest BCUT2D eigenvalue weighted by Gasteiger charge is 2.54. The second kappa shape index (κ2) is 9.56. The molecule has 1 saturated heterocycles. The van der Waals surface area contributed by atoms with E-state index in [1.807, 2.05) is 0 Å². The van der Waals surface area contributed by atoms with Crippen molar-refractivity contribution >= 4 is 64.3 Å². The first-order chi connectivity index (χ1) is 15.3. The van der Waals surface area contributed by atoms with E-state index in [1.54, 1.807) is 0 Å². The average molecular weight is 482 g/mol. The molecule has 3 heterocycles.